The van der Waals surface area contributed by atoms with E-state index >= 15 is 0 Å². The molecule has 0 saturated carbocycles. The molecule has 0 unspecified atom stereocenters. The number of carbonyl (C=O) groups is 1. The van der Waals surface area contributed by atoms with E-state index in [1.807, 2.05) is 47.9 Å². The number of aryl methyl sites for hydroxylation is 1. The molecule has 0 atom stereocenters. The van der Waals surface area contributed by atoms with Gasteiger partial charge in [-0.25, -0.2) is 4.98 Å². The van der Waals surface area contributed by atoms with Crippen molar-refractivity contribution < 1.29 is 4.79 Å². The van der Waals surface area contributed by atoms with Crippen LogP contribution < -0.4 is 5.32 Å². The molecule has 25 heavy (non-hydrogen) atoms. The molecule has 3 rings (SSSR count). The zero-order valence-corrected chi connectivity index (χ0v) is 14.8. The summed E-state index contributed by atoms with van der Waals surface area (Å²) in [5, 5.41) is 11.5. The molecule has 0 aliphatic carbocycles. The molecule has 6 heteroatoms. The molecule has 2 heterocycles. The number of pyridine rings is 1. The van der Waals surface area contributed by atoms with E-state index in [9.17, 15) is 4.79 Å². The van der Waals surface area contributed by atoms with E-state index in [0.717, 1.165) is 22.7 Å². The predicted octanol–water partition coefficient (Wildman–Crippen LogP) is 5.14. The van der Waals surface area contributed by atoms with Gasteiger partial charge in [-0.1, -0.05) is 19.9 Å². The van der Waals surface area contributed by atoms with Crippen molar-refractivity contribution in [3.63, 3.8) is 0 Å². The molecule has 0 bridgehead atoms. The number of carbonyl (C=O) groups excluding carboxylic acids is 1. The van der Waals surface area contributed by atoms with Crippen LogP contribution in [0.15, 0.2) is 52.8 Å². The van der Waals surface area contributed by atoms with E-state index in [1.165, 1.54) is 6.92 Å². The Morgan fingerprint density at radius 1 is 1.20 bits per heavy atom. The highest BCUT2D eigenvalue weighted by Gasteiger charge is 2.15. The van der Waals surface area contributed by atoms with Crippen molar-refractivity contribution in [2.45, 2.75) is 33.6 Å². The van der Waals surface area contributed by atoms with Crippen molar-refractivity contribution in [2.24, 2.45) is 10.2 Å². The summed E-state index contributed by atoms with van der Waals surface area (Å²) in [6, 6.07) is 11.3. The summed E-state index contributed by atoms with van der Waals surface area (Å²) in [5.74, 6) is 0.850. The Morgan fingerprint density at radius 2 is 2.00 bits per heavy atom. The van der Waals surface area contributed by atoms with E-state index in [0.29, 0.717) is 11.4 Å². The maximum Gasteiger partial charge on any atom is 0.221 e. The van der Waals surface area contributed by atoms with Crippen LogP contribution in [0.1, 0.15) is 37.9 Å². The van der Waals surface area contributed by atoms with Crippen LogP contribution in [0.2, 0.25) is 0 Å². The number of amides is 1. The van der Waals surface area contributed by atoms with Gasteiger partial charge in [0, 0.05) is 18.8 Å². The van der Waals surface area contributed by atoms with Gasteiger partial charge in [0.05, 0.1) is 11.4 Å². The van der Waals surface area contributed by atoms with E-state index in [4.69, 9.17) is 4.98 Å². The molecule has 1 aromatic carbocycles. The third-order valence-electron chi connectivity index (χ3n) is 3.76. The van der Waals surface area contributed by atoms with Gasteiger partial charge in [-0.3, -0.25) is 9.20 Å². The number of azo groups is 1. The fraction of sp³-hybridized carbons (Fsp3) is 0.263. The maximum absolute atomic E-state index is 11.2. The van der Waals surface area contributed by atoms with Crippen LogP contribution in [0.5, 0.6) is 0 Å². The normalized spacial score (nSPS) is 11.6. The maximum atomic E-state index is 11.2. The largest absolute Gasteiger partial charge is 0.326 e. The monoisotopic (exact) mass is 335 g/mol. The lowest BCUT2D eigenvalue weighted by atomic mass is 10.1. The zero-order chi connectivity index (χ0) is 18.0. The second-order valence-corrected chi connectivity index (χ2v) is 6.34. The summed E-state index contributed by atoms with van der Waals surface area (Å²) in [7, 11) is 0. The van der Waals surface area contributed by atoms with Gasteiger partial charge < -0.3 is 5.32 Å². The van der Waals surface area contributed by atoms with Crippen LogP contribution in [-0.2, 0) is 4.79 Å². The van der Waals surface area contributed by atoms with Gasteiger partial charge in [0.1, 0.15) is 5.65 Å². The third kappa shape index (κ3) is 3.74. The van der Waals surface area contributed by atoms with Crippen molar-refractivity contribution in [3.05, 3.63) is 53.9 Å². The van der Waals surface area contributed by atoms with E-state index in [2.05, 4.69) is 29.4 Å². The number of nitrogens with one attached hydrogen (secondary N) is 1. The minimum Gasteiger partial charge on any atom is -0.326 e. The Hall–Kier alpha value is -3.02. The Balaban J connectivity index is 2.01. The first-order valence-corrected chi connectivity index (χ1v) is 8.22. The Bertz CT molecular complexity index is 956. The Kier molecular flexibility index (Phi) is 4.61. The molecule has 0 aliphatic rings. The van der Waals surface area contributed by atoms with Crippen molar-refractivity contribution in [1.29, 1.82) is 0 Å². The highest BCUT2D eigenvalue weighted by Crippen LogP contribution is 2.30. The fourth-order valence-electron chi connectivity index (χ4n) is 2.59. The van der Waals surface area contributed by atoms with Gasteiger partial charge in [-0.15, -0.1) is 10.2 Å². The smallest absolute Gasteiger partial charge is 0.221 e. The molecule has 2 aromatic heterocycles. The second kappa shape index (κ2) is 6.84. The first-order chi connectivity index (χ1) is 11.9. The molecule has 0 fully saturated rings. The molecule has 0 aliphatic heterocycles. The first-order valence-electron chi connectivity index (χ1n) is 8.22. The standard InChI is InChI=1S/C19H21N5O/c1-12(2)18-19(24-9-8-13(3)10-17(24)21-18)23-22-16-7-5-6-15(11-16)20-14(4)25/h5-12H,1-4H3,(H,20,25). The number of rotatable bonds is 4. The first kappa shape index (κ1) is 16.8. The average Bonchev–Trinajstić information content (AvgIpc) is 2.90. The number of aromatic nitrogens is 2. The Morgan fingerprint density at radius 3 is 2.72 bits per heavy atom. The van der Waals surface area contributed by atoms with Gasteiger partial charge in [-0.2, -0.15) is 0 Å². The fourth-order valence-corrected chi connectivity index (χ4v) is 2.59. The highest BCUT2D eigenvalue weighted by atomic mass is 16.1. The summed E-state index contributed by atoms with van der Waals surface area (Å²) < 4.78 is 1.95. The van der Waals surface area contributed by atoms with Gasteiger partial charge >= 0.3 is 0 Å². The van der Waals surface area contributed by atoms with Crippen LogP contribution in [0.3, 0.4) is 0 Å². The average molecular weight is 335 g/mol. The number of fused-ring (bicyclic) bond motifs is 1. The summed E-state index contributed by atoms with van der Waals surface area (Å²) in [6.45, 7) is 7.69. The van der Waals surface area contributed by atoms with Crippen LogP contribution in [-0.4, -0.2) is 15.3 Å². The lowest BCUT2D eigenvalue weighted by Crippen LogP contribution is -2.04. The van der Waals surface area contributed by atoms with Gasteiger partial charge in [0.25, 0.3) is 0 Å². The SMILES string of the molecule is CC(=O)Nc1cccc(N=Nc2c(C(C)C)nc3cc(C)ccn23)c1. The topological polar surface area (TPSA) is 71.1 Å². The highest BCUT2D eigenvalue weighted by molar-refractivity contribution is 5.89. The predicted molar refractivity (Wildman–Crippen MR) is 98.9 cm³/mol. The van der Waals surface area contributed by atoms with Gasteiger partial charge in [0.2, 0.25) is 5.91 Å². The van der Waals surface area contributed by atoms with Crippen LogP contribution >= 0.6 is 0 Å². The summed E-state index contributed by atoms with van der Waals surface area (Å²) in [5.41, 5.74) is 4.29. The molecule has 0 saturated heterocycles. The van der Waals surface area contributed by atoms with E-state index in [-0.39, 0.29) is 11.8 Å². The molecular formula is C19H21N5O. The van der Waals surface area contributed by atoms with Crippen LogP contribution in [0.25, 0.3) is 5.65 Å². The molecule has 128 valence electrons. The summed E-state index contributed by atoms with van der Waals surface area (Å²) >= 11 is 0. The van der Waals surface area contributed by atoms with Crippen molar-refractivity contribution in [2.75, 3.05) is 5.32 Å². The number of anilines is 1. The molecule has 1 amide bonds. The molecule has 1 N–H and O–H groups in total. The molecular weight excluding hydrogens is 314 g/mol. The minimum atomic E-state index is -0.117. The lowest BCUT2D eigenvalue weighted by molar-refractivity contribution is -0.114. The number of nitrogens with zero attached hydrogens (tertiary/aromatic N) is 4. The van der Waals surface area contributed by atoms with Crippen molar-refractivity contribution in [3.8, 4) is 0 Å². The van der Waals surface area contributed by atoms with E-state index < -0.39 is 0 Å². The van der Waals surface area contributed by atoms with Crippen molar-refractivity contribution >= 4 is 28.7 Å². The number of hydrogen-bond acceptors (Lipinski definition) is 4. The quantitative estimate of drug-likeness (QED) is 0.671. The van der Waals surface area contributed by atoms with Gasteiger partial charge in [-0.05, 0) is 48.7 Å². The Labute approximate surface area is 146 Å². The van der Waals surface area contributed by atoms with Crippen molar-refractivity contribution in [1.82, 2.24) is 9.38 Å². The lowest BCUT2D eigenvalue weighted by Gasteiger charge is -2.03. The number of benzene rings is 1. The van der Waals surface area contributed by atoms with Gasteiger partial charge in [0.15, 0.2) is 5.82 Å². The number of hydrogen-bond donors (Lipinski definition) is 1. The molecule has 0 spiro atoms. The molecule has 0 radical (unpaired) electrons. The zero-order valence-electron chi connectivity index (χ0n) is 14.8. The van der Waals surface area contributed by atoms with E-state index in [1.54, 1.807) is 6.07 Å². The molecule has 3 aromatic rings. The summed E-state index contributed by atoms with van der Waals surface area (Å²) in [4.78, 5) is 15.9. The minimum absolute atomic E-state index is 0.117. The summed E-state index contributed by atoms with van der Waals surface area (Å²) in [6.07, 6.45) is 1.96. The second-order valence-electron chi connectivity index (χ2n) is 6.34. The van der Waals surface area contributed by atoms with Crippen LogP contribution in [0.4, 0.5) is 17.2 Å². The third-order valence-corrected chi connectivity index (χ3v) is 3.76. The number of imidazole rings is 1. The van der Waals surface area contributed by atoms with Crippen LogP contribution in [0, 0.1) is 6.92 Å². The molecule has 6 nitrogen and oxygen atoms in total.